The van der Waals surface area contributed by atoms with E-state index in [0.29, 0.717) is 42.8 Å². The van der Waals surface area contributed by atoms with Crippen LogP contribution in [0.1, 0.15) is 21.2 Å². The summed E-state index contributed by atoms with van der Waals surface area (Å²) < 4.78 is 0. The first kappa shape index (κ1) is 24.1. The number of non-ortho nitro benzene ring substituents is 1. The van der Waals surface area contributed by atoms with Crippen LogP contribution in [0.15, 0.2) is 47.2 Å². The summed E-state index contributed by atoms with van der Waals surface area (Å²) in [5, 5.41) is 20.9. The summed E-state index contributed by atoms with van der Waals surface area (Å²) in [6.07, 6.45) is 2.21. The first-order chi connectivity index (χ1) is 15.7. The number of nitro benzene ring substituents is 1. The van der Waals surface area contributed by atoms with E-state index < -0.39 is 22.8 Å². The minimum absolute atomic E-state index is 0. The Morgan fingerprint density at radius 2 is 2.03 bits per heavy atom. The summed E-state index contributed by atoms with van der Waals surface area (Å²) in [4.78, 5) is 64.5. The molecule has 5 rings (SSSR count). The van der Waals surface area contributed by atoms with E-state index in [1.54, 1.807) is 6.07 Å². The molecule has 0 unspecified atom stereocenters. The van der Waals surface area contributed by atoms with Gasteiger partial charge in [0.25, 0.3) is 17.5 Å². The number of hydrogen-bond donors (Lipinski definition) is 1. The van der Waals surface area contributed by atoms with Crippen LogP contribution in [-0.4, -0.2) is 68.7 Å². The van der Waals surface area contributed by atoms with Gasteiger partial charge in [-0.1, -0.05) is 6.07 Å². The van der Waals surface area contributed by atoms with Crippen molar-refractivity contribution < 1.29 is 60.2 Å². The van der Waals surface area contributed by atoms with Gasteiger partial charge in [0, 0.05) is 43.6 Å². The van der Waals surface area contributed by atoms with Crippen LogP contribution in [-0.2, 0) is 19.2 Å². The fourth-order valence-corrected chi connectivity index (χ4v) is 5.40. The smallest absolute Gasteiger partial charge is 1.00 e. The molecule has 3 saturated heterocycles. The number of carbonyl (C=O) groups is 4. The molecule has 12 heteroatoms. The maximum Gasteiger partial charge on any atom is 1.00 e. The second kappa shape index (κ2) is 8.64. The van der Waals surface area contributed by atoms with Crippen molar-refractivity contribution in [1.29, 1.82) is 0 Å². The number of nitro groups is 1. The summed E-state index contributed by atoms with van der Waals surface area (Å²) in [6.45, 7) is 2.05. The number of anilines is 1. The molecule has 0 bridgehead atoms. The Kier molecular flexibility index (Phi) is 6.13. The topological polar surface area (TPSA) is 141 Å². The van der Waals surface area contributed by atoms with Gasteiger partial charge in [-0.3, -0.25) is 29.4 Å². The third kappa shape index (κ3) is 3.55. The van der Waals surface area contributed by atoms with Crippen molar-refractivity contribution in [3.8, 4) is 0 Å². The van der Waals surface area contributed by atoms with Gasteiger partial charge in [0.2, 0.25) is 5.91 Å². The monoisotopic (exact) mass is 476 g/mol. The van der Waals surface area contributed by atoms with Crippen LogP contribution < -0.4 is 34.5 Å². The SMILES string of the molecule is CC(=O)N1C[C@H]2CC(/C=C3\CCN(c4cccc([N+](=O)[O-])c4)C3=O)=C(C(=O)O)N3C(=O)[C@@H]1[C@@H]23.[H-].[Na+]. The van der Waals surface area contributed by atoms with Gasteiger partial charge >= 0.3 is 35.5 Å². The molecule has 1 aromatic rings. The molecule has 0 aliphatic carbocycles. The summed E-state index contributed by atoms with van der Waals surface area (Å²) in [5.74, 6) is -2.36. The number of allylic oxidation sites excluding steroid dienone is 2. The molecule has 0 radical (unpaired) electrons. The van der Waals surface area contributed by atoms with Crippen molar-refractivity contribution in [3.63, 3.8) is 0 Å². The molecule has 1 N–H and O–H groups in total. The van der Waals surface area contributed by atoms with Crippen molar-refractivity contribution >= 4 is 35.1 Å². The predicted molar refractivity (Wildman–Crippen MR) is 114 cm³/mol. The fraction of sp³-hybridized carbons (Fsp3) is 0.364. The Labute approximate surface area is 217 Å². The molecule has 1 aromatic carbocycles. The molecule has 172 valence electrons. The van der Waals surface area contributed by atoms with Crippen molar-refractivity contribution in [3.05, 3.63) is 57.3 Å². The first-order valence-corrected chi connectivity index (χ1v) is 10.5. The number of carboxylic acids is 1. The van der Waals surface area contributed by atoms with E-state index in [2.05, 4.69) is 0 Å². The fourth-order valence-electron chi connectivity index (χ4n) is 5.40. The van der Waals surface area contributed by atoms with E-state index in [1.165, 1.54) is 45.9 Å². The predicted octanol–water partition coefficient (Wildman–Crippen LogP) is -1.83. The number of benzene rings is 1. The zero-order valence-electron chi connectivity index (χ0n) is 19.6. The van der Waals surface area contributed by atoms with E-state index in [-0.39, 0.29) is 66.1 Å². The quantitative estimate of drug-likeness (QED) is 0.177. The number of β-lactam (4-membered cyclic amide) rings is 1. The second-order valence-electron chi connectivity index (χ2n) is 8.61. The number of likely N-dealkylation sites (tertiary alicyclic amines) is 1. The molecule has 4 aliphatic heterocycles. The number of hydrogen-bond acceptors (Lipinski definition) is 6. The van der Waals surface area contributed by atoms with Crippen LogP contribution >= 0.6 is 0 Å². The van der Waals surface area contributed by atoms with E-state index >= 15 is 0 Å². The average molecular weight is 476 g/mol. The van der Waals surface area contributed by atoms with Gasteiger partial charge < -0.3 is 16.3 Å². The van der Waals surface area contributed by atoms with Crippen LogP contribution in [0.25, 0.3) is 0 Å². The van der Waals surface area contributed by atoms with Gasteiger partial charge in [-0.05, 0) is 30.6 Å². The van der Waals surface area contributed by atoms with Crippen molar-refractivity contribution in [2.75, 3.05) is 18.0 Å². The summed E-state index contributed by atoms with van der Waals surface area (Å²) >= 11 is 0. The zero-order chi connectivity index (χ0) is 23.6. The largest absolute Gasteiger partial charge is 1.00 e. The molecule has 4 heterocycles. The third-order valence-electron chi connectivity index (χ3n) is 6.82. The van der Waals surface area contributed by atoms with Gasteiger partial charge in [-0.25, -0.2) is 4.79 Å². The van der Waals surface area contributed by atoms with Gasteiger partial charge in [-0.15, -0.1) is 0 Å². The van der Waals surface area contributed by atoms with Gasteiger partial charge in [0.1, 0.15) is 11.7 Å². The van der Waals surface area contributed by atoms with Crippen molar-refractivity contribution in [2.45, 2.75) is 31.8 Å². The molecule has 34 heavy (non-hydrogen) atoms. The Bertz CT molecular complexity index is 1220. The van der Waals surface area contributed by atoms with E-state index in [1.807, 2.05) is 0 Å². The molecule has 3 amide bonds. The molecular weight excluding hydrogens is 455 g/mol. The standard InChI is InChI=1S/C22H20N4O7.Na.H/c1-11(27)24-10-14-8-13(18(22(30)31)25-17(14)19(24)21(25)29)7-12-5-6-23(20(12)28)15-3-2-4-16(9-15)26(32)33;;/h2-4,7,9,14,17,19H,5-6,8,10H2,1H3,(H,30,31);;/q;+1;-1/b12-7+;;/t14-,17-,19+;;/m1../s1. The van der Waals surface area contributed by atoms with Crippen LogP contribution in [0, 0.1) is 16.0 Å². The summed E-state index contributed by atoms with van der Waals surface area (Å²) in [7, 11) is 0. The van der Waals surface area contributed by atoms with E-state index in [9.17, 15) is 34.4 Å². The molecule has 0 aromatic heterocycles. The molecular formula is C22H21N4NaO7. The number of carbonyl (C=O) groups excluding carboxylic acids is 3. The number of rotatable bonds is 4. The minimum Gasteiger partial charge on any atom is -1.00 e. The molecule has 0 saturated carbocycles. The van der Waals surface area contributed by atoms with Crippen molar-refractivity contribution in [2.24, 2.45) is 5.92 Å². The van der Waals surface area contributed by atoms with E-state index in [0.717, 1.165) is 0 Å². The third-order valence-corrected chi connectivity index (χ3v) is 6.82. The van der Waals surface area contributed by atoms with Crippen LogP contribution in [0.3, 0.4) is 0 Å². The second-order valence-corrected chi connectivity index (χ2v) is 8.61. The normalized spacial score (nSPS) is 26.4. The number of amides is 3. The summed E-state index contributed by atoms with van der Waals surface area (Å²) in [6, 6.07) is 4.80. The first-order valence-electron chi connectivity index (χ1n) is 10.5. The Hall–Kier alpha value is -3.02. The van der Waals surface area contributed by atoms with Crippen LogP contribution in [0.5, 0.6) is 0 Å². The molecule has 0 spiro atoms. The number of nitrogens with zero attached hydrogens (tertiary/aromatic N) is 4. The van der Waals surface area contributed by atoms with Crippen LogP contribution in [0.2, 0.25) is 0 Å². The van der Waals surface area contributed by atoms with Crippen LogP contribution in [0.4, 0.5) is 11.4 Å². The molecule has 11 nitrogen and oxygen atoms in total. The Morgan fingerprint density at radius 3 is 2.68 bits per heavy atom. The maximum absolute atomic E-state index is 13.0. The molecule has 3 fully saturated rings. The number of carboxylic acid groups (broad SMARTS) is 1. The van der Waals surface area contributed by atoms with Crippen molar-refractivity contribution in [1.82, 2.24) is 9.80 Å². The molecule has 4 aliphatic rings. The van der Waals surface area contributed by atoms with Gasteiger partial charge in [0.05, 0.1) is 16.7 Å². The Morgan fingerprint density at radius 1 is 1.29 bits per heavy atom. The Balaban J connectivity index is 0.00000171. The average Bonchev–Trinajstić information content (AvgIpc) is 3.32. The zero-order valence-corrected chi connectivity index (χ0v) is 20.6. The maximum atomic E-state index is 13.0. The molecule has 3 atom stereocenters. The van der Waals surface area contributed by atoms with Gasteiger partial charge in [0.15, 0.2) is 0 Å². The van der Waals surface area contributed by atoms with E-state index in [4.69, 9.17) is 0 Å². The minimum atomic E-state index is -1.26. The summed E-state index contributed by atoms with van der Waals surface area (Å²) in [5.41, 5.74) is 0.873. The number of aliphatic carboxylic acids is 1. The van der Waals surface area contributed by atoms with Gasteiger partial charge in [-0.2, -0.15) is 0 Å².